The van der Waals surface area contributed by atoms with Crippen LogP contribution in [0.4, 0.5) is 0 Å². The Labute approximate surface area is 134 Å². The lowest BCUT2D eigenvalue weighted by molar-refractivity contribution is 0.141. The van der Waals surface area contributed by atoms with E-state index in [1.165, 1.54) is 16.7 Å². The van der Waals surface area contributed by atoms with Crippen molar-refractivity contribution in [3.8, 4) is 0 Å². The maximum Gasteiger partial charge on any atom is 0.0802 e. The Morgan fingerprint density at radius 2 is 1.73 bits per heavy atom. The molecule has 0 aliphatic carbocycles. The van der Waals surface area contributed by atoms with E-state index < -0.39 is 0 Å². The zero-order valence-electron chi connectivity index (χ0n) is 13.9. The SMILES string of the molecule is CCN(CCC(O)c1ccc(C)c(C)c1)Cc1ccccc1. The molecule has 2 heteroatoms. The molecule has 0 saturated heterocycles. The van der Waals surface area contributed by atoms with Crippen LogP contribution >= 0.6 is 0 Å². The van der Waals surface area contributed by atoms with Crippen molar-refractivity contribution in [1.29, 1.82) is 0 Å². The number of rotatable bonds is 7. The van der Waals surface area contributed by atoms with Crippen LogP contribution in [-0.2, 0) is 6.54 Å². The molecule has 0 aliphatic heterocycles. The Hall–Kier alpha value is -1.64. The lowest BCUT2D eigenvalue weighted by Crippen LogP contribution is -2.25. The van der Waals surface area contributed by atoms with Crippen molar-refractivity contribution in [3.05, 3.63) is 70.8 Å². The van der Waals surface area contributed by atoms with E-state index in [1.54, 1.807) is 0 Å². The minimum absolute atomic E-state index is 0.385. The highest BCUT2D eigenvalue weighted by Gasteiger charge is 2.11. The smallest absolute Gasteiger partial charge is 0.0802 e. The first-order valence-corrected chi connectivity index (χ1v) is 8.11. The average Bonchev–Trinajstić information content (AvgIpc) is 2.54. The van der Waals surface area contributed by atoms with Gasteiger partial charge in [-0.15, -0.1) is 0 Å². The molecular formula is C20H27NO. The molecule has 0 aromatic heterocycles. The molecule has 22 heavy (non-hydrogen) atoms. The van der Waals surface area contributed by atoms with Gasteiger partial charge in [-0.2, -0.15) is 0 Å². The van der Waals surface area contributed by atoms with Gasteiger partial charge in [0.25, 0.3) is 0 Å². The largest absolute Gasteiger partial charge is 0.388 e. The summed E-state index contributed by atoms with van der Waals surface area (Å²) in [5.41, 5.74) is 4.87. The van der Waals surface area contributed by atoms with Crippen molar-refractivity contribution in [3.63, 3.8) is 0 Å². The Kier molecular flexibility index (Phi) is 6.17. The van der Waals surface area contributed by atoms with Crippen molar-refractivity contribution in [2.24, 2.45) is 0 Å². The van der Waals surface area contributed by atoms with Crippen LogP contribution in [0.2, 0.25) is 0 Å². The van der Waals surface area contributed by atoms with Gasteiger partial charge in [0.1, 0.15) is 0 Å². The molecule has 0 amide bonds. The molecule has 2 nitrogen and oxygen atoms in total. The van der Waals surface area contributed by atoms with Crippen LogP contribution in [0.15, 0.2) is 48.5 Å². The number of aryl methyl sites for hydroxylation is 2. The van der Waals surface area contributed by atoms with E-state index in [0.717, 1.165) is 31.6 Å². The zero-order chi connectivity index (χ0) is 15.9. The summed E-state index contributed by atoms with van der Waals surface area (Å²) < 4.78 is 0. The van der Waals surface area contributed by atoms with Crippen LogP contribution < -0.4 is 0 Å². The molecule has 1 unspecified atom stereocenters. The summed E-state index contributed by atoms with van der Waals surface area (Å²) in [5, 5.41) is 10.4. The Balaban J connectivity index is 1.90. The maximum atomic E-state index is 10.4. The molecule has 0 fully saturated rings. The molecule has 2 rings (SSSR count). The fourth-order valence-corrected chi connectivity index (χ4v) is 2.63. The molecule has 2 aromatic rings. The van der Waals surface area contributed by atoms with E-state index >= 15 is 0 Å². The predicted molar refractivity (Wildman–Crippen MR) is 92.9 cm³/mol. The fraction of sp³-hybridized carbons (Fsp3) is 0.400. The molecule has 1 atom stereocenters. The van der Waals surface area contributed by atoms with Crippen molar-refractivity contribution < 1.29 is 5.11 Å². The zero-order valence-corrected chi connectivity index (χ0v) is 13.9. The number of nitrogens with zero attached hydrogens (tertiary/aromatic N) is 1. The topological polar surface area (TPSA) is 23.5 Å². The van der Waals surface area contributed by atoms with Gasteiger partial charge in [0.05, 0.1) is 6.10 Å². The quantitative estimate of drug-likeness (QED) is 0.826. The van der Waals surface area contributed by atoms with Crippen LogP contribution in [0, 0.1) is 13.8 Å². The highest BCUT2D eigenvalue weighted by Crippen LogP contribution is 2.20. The van der Waals surface area contributed by atoms with Gasteiger partial charge in [-0.3, -0.25) is 4.90 Å². The highest BCUT2D eigenvalue weighted by molar-refractivity contribution is 5.31. The first kappa shape index (κ1) is 16.7. The van der Waals surface area contributed by atoms with Crippen LogP contribution in [0.5, 0.6) is 0 Å². The van der Waals surface area contributed by atoms with Crippen molar-refractivity contribution >= 4 is 0 Å². The molecular weight excluding hydrogens is 270 g/mol. The summed E-state index contributed by atoms with van der Waals surface area (Å²) in [6.07, 6.45) is 0.382. The van der Waals surface area contributed by atoms with Crippen molar-refractivity contribution in [1.82, 2.24) is 4.90 Å². The minimum atomic E-state index is -0.385. The molecule has 1 N–H and O–H groups in total. The Bertz CT molecular complexity index is 580. The standard InChI is InChI=1S/C20H27NO/c1-4-21(15-18-8-6-5-7-9-18)13-12-20(22)19-11-10-16(2)17(3)14-19/h5-11,14,20,22H,4,12-13,15H2,1-3H3. The first-order chi connectivity index (χ1) is 10.6. The van der Waals surface area contributed by atoms with Gasteiger partial charge in [0.2, 0.25) is 0 Å². The third-order valence-electron chi connectivity index (χ3n) is 4.33. The molecule has 0 aliphatic rings. The molecule has 0 spiro atoms. The summed E-state index contributed by atoms with van der Waals surface area (Å²) >= 11 is 0. The lowest BCUT2D eigenvalue weighted by Gasteiger charge is -2.22. The van der Waals surface area contributed by atoms with Gasteiger partial charge in [-0.05, 0) is 49.1 Å². The van der Waals surface area contributed by atoms with E-state index in [9.17, 15) is 5.11 Å². The van der Waals surface area contributed by atoms with Gasteiger partial charge >= 0.3 is 0 Å². The molecule has 0 bridgehead atoms. The highest BCUT2D eigenvalue weighted by atomic mass is 16.3. The minimum Gasteiger partial charge on any atom is -0.388 e. The average molecular weight is 297 g/mol. The summed E-state index contributed by atoms with van der Waals surface area (Å²) in [4.78, 5) is 2.37. The second-order valence-electron chi connectivity index (χ2n) is 6.00. The van der Waals surface area contributed by atoms with Crippen molar-refractivity contribution in [2.45, 2.75) is 39.8 Å². The van der Waals surface area contributed by atoms with Gasteiger partial charge in [0.15, 0.2) is 0 Å². The number of aliphatic hydroxyl groups excluding tert-OH is 1. The summed E-state index contributed by atoms with van der Waals surface area (Å²) in [7, 11) is 0. The van der Waals surface area contributed by atoms with Crippen LogP contribution in [0.1, 0.15) is 41.7 Å². The third kappa shape index (κ3) is 4.69. The van der Waals surface area contributed by atoms with Crippen LogP contribution in [-0.4, -0.2) is 23.1 Å². The first-order valence-electron chi connectivity index (χ1n) is 8.11. The monoisotopic (exact) mass is 297 g/mol. The van der Waals surface area contributed by atoms with E-state index in [4.69, 9.17) is 0 Å². The second kappa shape index (κ2) is 8.11. The molecule has 2 aromatic carbocycles. The fourth-order valence-electron chi connectivity index (χ4n) is 2.63. The lowest BCUT2D eigenvalue weighted by atomic mass is 10.0. The number of hydrogen-bond acceptors (Lipinski definition) is 2. The maximum absolute atomic E-state index is 10.4. The molecule has 118 valence electrons. The van der Waals surface area contributed by atoms with E-state index in [0.29, 0.717) is 0 Å². The van der Waals surface area contributed by atoms with Gasteiger partial charge in [0, 0.05) is 13.1 Å². The van der Waals surface area contributed by atoms with Crippen LogP contribution in [0.3, 0.4) is 0 Å². The number of aliphatic hydroxyl groups is 1. The second-order valence-corrected chi connectivity index (χ2v) is 6.00. The number of benzene rings is 2. The van der Waals surface area contributed by atoms with Gasteiger partial charge in [-0.1, -0.05) is 55.5 Å². The Morgan fingerprint density at radius 1 is 1.00 bits per heavy atom. The summed E-state index contributed by atoms with van der Waals surface area (Å²) in [6, 6.07) is 16.7. The predicted octanol–water partition coefficient (Wildman–Crippen LogP) is 4.25. The molecule has 0 radical (unpaired) electrons. The molecule has 0 saturated carbocycles. The van der Waals surface area contributed by atoms with Gasteiger partial charge in [-0.25, -0.2) is 0 Å². The van der Waals surface area contributed by atoms with Crippen LogP contribution in [0.25, 0.3) is 0 Å². The third-order valence-corrected chi connectivity index (χ3v) is 4.33. The number of hydrogen-bond donors (Lipinski definition) is 1. The van der Waals surface area contributed by atoms with E-state index in [-0.39, 0.29) is 6.10 Å². The van der Waals surface area contributed by atoms with Gasteiger partial charge < -0.3 is 5.11 Å². The normalized spacial score (nSPS) is 12.6. The summed E-state index contributed by atoms with van der Waals surface area (Å²) in [5.74, 6) is 0. The molecule has 0 heterocycles. The van der Waals surface area contributed by atoms with E-state index in [2.05, 4.69) is 62.1 Å². The van der Waals surface area contributed by atoms with E-state index in [1.807, 2.05) is 12.1 Å². The van der Waals surface area contributed by atoms with Crippen molar-refractivity contribution in [2.75, 3.05) is 13.1 Å². The summed E-state index contributed by atoms with van der Waals surface area (Å²) in [6.45, 7) is 9.21. The Morgan fingerprint density at radius 3 is 2.36 bits per heavy atom.